The first kappa shape index (κ1) is 15.8. The van der Waals surface area contributed by atoms with Crippen molar-refractivity contribution in [2.45, 2.75) is 37.8 Å². The van der Waals surface area contributed by atoms with E-state index in [1.165, 1.54) is 16.7 Å². The van der Waals surface area contributed by atoms with Gasteiger partial charge in [-0.15, -0.1) is 11.8 Å². The van der Waals surface area contributed by atoms with Crippen molar-refractivity contribution in [1.29, 1.82) is 0 Å². The Kier molecular flexibility index (Phi) is 5.57. The minimum atomic E-state index is 0.727. The quantitative estimate of drug-likeness (QED) is 0.604. The standard InChI is InChI=1S/C18H23NOS/c1-4-5-20-17-9-16(19)10-18(11-17)21-12-15-7-13(2)6-14(3)8-15/h6-11H,4-5,12,19H2,1-3H3. The number of ether oxygens (including phenoxy) is 1. The van der Waals surface area contributed by atoms with Gasteiger partial charge in [0.15, 0.2) is 0 Å². The fourth-order valence-corrected chi connectivity index (χ4v) is 3.22. The maximum absolute atomic E-state index is 5.96. The second-order valence-electron chi connectivity index (χ2n) is 5.37. The summed E-state index contributed by atoms with van der Waals surface area (Å²) >= 11 is 1.79. The maximum atomic E-state index is 5.96. The van der Waals surface area contributed by atoms with E-state index in [0.29, 0.717) is 0 Å². The first-order chi connectivity index (χ1) is 10.1. The first-order valence-corrected chi connectivity index (χ1v) is 8.28. The van der Waals surface area contributed by atoms with Gasteiger partial charge in [0, 0.05) is 22.4 Å². The van der Waals surface area contributed by atoms with Crippen LogP contribution in [0.2, 0.25) is 0 Å². The van der Waals surface area contributed by atoms with Crippen molar-refractivity contribution < 1.29 is 4.74 Å². The van der Waals surface area contributed by atoms with E-state index < -0.39 is 0 Å². The summed E-state index contributed by atoms with van der Waals surface area (Å²) in [5, 5.41) is 0. The number of nitrogen functional groups attached to an aromatic ring is 1. The van der Waals surface area contributed by atoms with Crippen molar-refractivity contribution in [3.63, 3.8) is 0 Å². The summed E-state index contributed by atoms with van der Waals surface area (Å²) in [6.07, 6.45) is 1.000. The molecule has 0 atom stereocenters. The van der Waals surface area contributed by atoms with Gasteiger partial charge in [-0.1, -0.05) is 36.2 Å². The SMILES string of the molecule is CCCOc1cc(N)cc(SCc2cc(C)cc(C)c2)c1. The number of hydrogen-bond donors (Lipinski definition) is 1. The van der Waals surface area contributed by atoms with Gasteiger partial charge in [-0.25, -0.2) is 0 Å². The second kappa shape index (κ2) is 7.41. The van der Waals surface area contributed by atoms with Gasteiger partial charge in [0.2, 0.25) is 0 Å². The lowest BCUT2D eigenvalue weighted by atomic mass is 10.1. The van der Waals surface area contributed by atoms with E-state index in [2.05, 4.69) is 45.0 Å². The molecule has 2 N–H and O–H groups in total. The Morgan fingerprint density at radius 2 is 1.71 bits per heavy atom. The summed E-state index contributed by atoms with van der Waals surface area (Å²) in [5.74, 6) is 1.80. The van der Waals surface area contributed by atoms with Gasteiger partial charge in [-0.05, 0) is 38.0 Å². The predicted octanol–water partition coefficient (Wildman–Crippen LogP) is 4.97. The van der Waals surface area contributed by atoms with E-state index in [0.717, 1.165) is 35.1 Å². The van der Waals surface area contributed by atoms with Crippen LogP contribution in [0.15, 0.2) is 41.3 Å². The van der Waals surface area contributed by atoms with E-state index in [4.69, 9.17) is 10.5 Å². The van der Waals surface area contributed by atoms with Gasteiger partial charge < -0.3 is 10.5 Å². The molecule has 2 nitrogen and oxygen atoms in total. The molecule has 2 aromatic rings. The van der Waals surface area contributed by atoms with Crippen LogP contribution in [0.25, 0.3) is 0 Å². The number of anilines is 1. The molecule has 0 saturated carbocycles. The van der Waals surface area contributed by atoms with Crippen LogP contribution in [-0.4, -0.2) is 6.61 Å². The highest BCUT2D eigenvalue weighted by molar-refractivity contribution is 7.98. The summed E-state index contributed by atoms with van der Waals surface area (Å²) < 4.78 is 5.67. The molecule has 21 heavy (non-hydrogen) atoms. The first-order valence-electron chi connectivity index (χ1n) is 7.30. The lowest BCUT2D eigenvalue weighted by Crippen LogP contribution is -1.96. The fourth-order valence-electron chi connectivity index (χ4n) is 2.30. The molecule has 2 aromatic carbocycles. The van der Waals surface area contributed by atoms with Crippen molar-refractivity contribution in [2.24, 2.45) is 0 Å². The van der Waals surface area contributed by atoms with Crippen LogP contribution in [0.3, 0.4) is 0 Å². The molecule has 0 heterocycles. The van der Waals surface area contributed by atoms with Crippen molar-refractivity contribution in [3.8, 4) is 5.75 Å². The summed E-state index contributed by atoms with van der Waals surface area (Å²) in [6.45, 7) is 7.10. The highest BCUT2D eigenvalue weighted by Crippen LogP contribution is 2.29. The molecular weight excluding hydrogens is 278 g/mol. The number of aryl methyl sites for hydroxylation is 2. The number of benzene rings is 2. The minimum Gasteiger partial charge on any atom is -0.493 e. The molecule has 0 aliphatic heterocycles. The lowest BCUT2D eigenvalue weighted by Gasteiger charge is -2.09. The summed E-state index contributed by atoms with van der Waals surface area (Å²) in [5.41, 5.74) is 10.7. The molecule has 2 rings (SSSR count). The van der Waals surface area contributed by atoms with Gasteiger partial charge in [0.25, 0.3) is 0 Å². The van der Waals surface area contributed by atoms with Crippen molar-refractivity contribution in [1.82, 2.24) is 0 Å². The van der Waals surface area contributed by atoms with Crippen LogP contribution >= 0.6 is 11.8 Å². The van der Waals surface area contributed by atoms with Crippen LogP contribution in [0.4, 0.5) is 5.69 Å². The third-order valence-corrected chi connectivity index (χ3v) is 4.11. The average Bonchev–Trinajstić information content (AvgIpc) is 2.41. The molecular formula is C18H23NOS. The van der Waals surface area contributed by atoms with E-state index in [1.54, 1.807) is 11.8 Å². The largest absolute Gasteiger partial charge is 0.493 e. The zero-order valence-corrected chi connectivity index (χ0v) is 13.8. The highest BCUT2D eigenvalue weighted by Gasteiger charge is 2.03. The summed E-state index contributed by atoms with van der Waals surface area (Å²) in [4.78, 5) is 1.15. The third-order valence-electron chi connectivity index (χ3n) is 3.06. The van der Waals surface area contributed by atoms with Gasteiger partial charge in [-0.3, -0.25) is 0 Å². The summed E-state index contributed by atoms with van der Waals surface area (Å²) in [7, 11) is 0. The Morgan fingerprint density at radius 3 is 2.38 bits per heavy atom. The number of nitrogens with two attached hydrogens (primary N) is 1. The van der Waals surface area contributed by atoms with Crippen LogP contribution in [0, 0.1) is 13.8 Å². The Morgan fingerprint density at radius 1 is 1.00 bits per heavy atom. The van der Waals surface area contributed by atoms with Gasteiger partial charge in [0.1, 0.15) is 5.75 Å². The number of rotatable bonds is 6. The van der Waals surface area contributed by atoms with Crippen LogP contribution in [-0.2, 0) is 5.75 Å². The van der Waals surface area contributed by atoms with E-state index in [1.807, 2.05) is 12.1 Å². The number of thioether (sulfide) groups is 1. The molecule has 0 aliphatic carbocycles. The van der Waals surface area contributed by atoms with Gasteiger partial charge in [-0.2, -0.15) is 0 Å². The Bertz CT molecular complexity index is 590. The molecule has 0 aromatic heterocycles. The average molecular weight is 301 g/mol. The molecule has 0 saturated heterocycles. The van der Waals surface area contributed by atoms with Crippen LogP contribution in [0.1, 0.15) is 30.0 Å². The smallest absolute Gasteiger partial charge is 0.122 e. The zero-order chi connectivity index (χ0) is 15.2. The Labute approximate surface area is 131 Å². The van der Waals surface area contributed by atoms with Gasteiger partial charge in [0.05, 0.1) is 6.61 Å². The highest BCUT2D eigenvalue weighted by atomic mass is 32.2. The summed E-state index contributed by atoms with van der Waals surface area (Å²) in [6, 6.07) is 12.6. The molecule has 3 heteroatoms. The topological polar surface area (TPSA) is 35.2 Å². The van der Waals surface area contributed by atoms with Crippen LogP contribution < -0.4 is 10.5 Å². The van der Waals surface area contributed by atoms with Crippen molar-refractivity contribution in [2.75, 3.05) is 12.3 Å². The molecule has 0 bridgehead atoms. The molecule has 112 valence electrons. The fraction of sp³-hybridized carbons (Fsp3) is 0.333. The second-order valence-corrected chi connectivity index (χ2v) is 6.42. The normalized spacial score (nSPS) is 10.6. The molecule has 0 amide bonds. The van der Waals surface area contributed by atoms with Crippen molar-refractivity contribution >= 4 is 17.4 Å². The maximum Gasteiger partial charge on any atom is 0.122 e. The van der Waals surface area contributed by atoms with E-state index in [9.17, 15) is 0 Å². The number of hydrogen-bond acceptors (Lipinski definition) is 3. The lowest BCUT2D eigenvalue weighted by molar-refractivity contribution is 0.317. The van der Waals surface area contributed by atoms with Crippen LogP contribution in [0.5, 0.6) is 5.75 Å². The molecule has 0 spiro atoms. The third kappa shape index (κ3) is 5.01. The molecule has 0 fully saturated rings. The Balaban J connectivity index is 2.06. The Hall–Kier alpha value is -1.61. The zero-order valence-electron chi connectivity index (χ0n) is 13.0. The molecule has 0 radical (unpaired) electrons. The monoisotopic (exact) mass is 301 g/mol. The van der Waals surface area contributed by atoms with Gasteiger partial charge >= 0.3 is 0 Å². The van der Waals surface area contributed by atoms with E-state index in [-0.39, 0.29) is 0 Å². The van der Waals surface area contributed by atoms with Crippen molar-refractivity contribution in [3.05, 3.63) is 53.1 Å². The predicted molar refractivity (Wildman–Crippen MR) is 92.1 cm³/mol. The molecule has 0 unspecified atom stereocenters. The molecule has 0 aliphatic rings. The minimum absolute atomic E-state index is 0.727. The van der Waals surface area contributed by atoms with E-state index >= 15 is 0 Å².